The SMILES string of the molecule is CCN(CC)c1ccc(C(C)N(C)c2ccc(Br)cn2)cn1. The topological polar surface area (TPSA) is 32.3 Å². The number of aromatic nitrogens is 2. The highest BCUT2D eigenvalue weighted by molar-refractivity contribution is 9.10. The van der Waals surface area contributed by atoms with E-state index in [0.717, 1.165) is 29.2 Å². The average molecular weight is 363 g/mol. The molecular formula is C17H23BrN4. The van der Waals surface area contributed by atoms with Crippen LogP contribution in [0.5, 0.6) is 0 Å². The van der Waals surface area contributed by atoms with Gasteiger partial charge < -0.3 is 9.80 Å². The molecular weight excluding hydrogens is 340 g/mol. The summed E-state index contributed by atoms with van der Waals surface area (Å²) in [6.45, 7) is 8.41. The zero-order chi connectivity index (χ0) is 16.1. The van der Waals surface area contributed by atoms with Crippen LogP contribution in [0.25, 0.3) is 0 Å². The van der Waals surface area contributed by atoms with Crippen molar-refractivity contribution in [3.63, 3.8) is 0 Å². The van der Waals surface area contributed by atoms with Gasteiger partial charge in [-0.15, -0.1) is 0 Å². The molecule has 0 aromatic carbocycles. The van der Waals surface area contributed by atoms with Crippen LogP contribution in [0.2, 0.25) is 0 Å². The molecule has 0 amide bonds. The molecule has 4 nitrogen and oxygen atoms in total. The van der Waals surface area contributed by atoms with Crippen molar-refractivity contribution in [2.45, 2.75) is 26.8 Å². The van der Waals surface area contributed by atoms with Crippen molar-refractivity contribution in [1.29, 1.82) is 0 Å². The van der Waals surface area contributed by atoms with Gasteiger partial charge in [0.25, 0.3) is 0 Å². The Balaban J connectivity index is 2.15. The number of pyridine rings is 2. The van der Waals surface area contributed by atoms with E-state index in [1.165, 1.54) is 5.56 Å². The Morgan fingerprint density at radius 2 is 1.64 bits per heavy atom. The monoisotopic (exact) mass is 362 g/mol. The van der Waals surface area contributed by atoms with Crippen molar-refractivity contribution in [3.8, 4) is 0 Å². The molecule has 0 N–H and O–H groups in total. The van der Waals surface area contributed by atoms with E-state index in [-0.39, 0.29) is 6.04 Å². The normalized spacial score (nSPS) is 12.0. The van der Waals surface area contributed by atoms with Crippen molar-refractivity contribution >= 4 is 27.6 Å². The molecule has 2 heterocycles. The van der Waals surface area contributed by atoms with E-state index in [1.54, 1.807) is 0 Å². The fourth-order valence-corrected chi connectivity index (χ4v) is 2.61. The maximum absolute atomic E-state index is 4.60. The smallest absolute Gasteiger partial charge is 0.128 e. The molecule has 22 heavy (non-hydrogen) atoms. The van der Waals surface area contributed by atoms with Crippen LogP contribution in [0, 0.1) is 0 Å². The fraction of sp³-hybridized carbons (Fsp3) is 0.412. The molecule has 0 aliphatic carbocycles. The number of anilines is 2. The molecule has 1 unspecified atom stereocenters. The molecule has 0 aliphatic rings. The maximum Gasteiger partial charge on any atom is 0.128 e. The van der Waals surface area contributed by atoms with E-state index >= 15 is 0 Å². The van der Waals surface area contributed by atoms with Crippen LogP contribution in [0.3, 0.4) is 0 Å². The molecule has 0 fully saturated rings. The van der Waals surface area contributed by atoms with Gasteiger partial charge in [0.05, 0.1) is 6.04 Å². The van der Waals surface area contributed by atoms with Gasteiger partial charge in [0.15, 0.2) is 0 Å². The second-order valence-corrected chi connectivity index (χ2v) is 6.16. The van der Waals surface area contributed by atoms with Crippen LogP contribution in [-0.4, -0.2) is 30.1 Å². The summed E-state index contributed by atoms with van der Waals surface area (Å²) in [7, 11) is 2.05. The van der Waals surface area contributed by atoms with E-state index in [9.17, 15) is 0 Å². The second kappa shape index (κ2) is 7.58. The third kappa shape index (κ3) is 3.77. The molecule has 2 rings (SSSR count). The molecule has 0 bridgehead atoms. The van der Waals surface area contributed by atoms with E-state index in [0.29, 0.717) is 0 Å². The lowest BCUT2D eigenvalue weighted by Crippen LogP contribution is -2.24. The first-order valence-electron chi connectivity index (χ1n) is 7.62. The first-order valence-corrected chi connectivity index (χ1v) is 8.41. The van der Waals surface area contributed by atoms with Crippen LogP contribution < -0.4 is 9.80 Å². The lowest BCUT2D eigenvalue weighted by Gasteiger charge is -2.27. The van der Waals surface area contributed by atoms with E-state index in [2.05, 4.69) is 75.6 Å². The van der Waals surface area contributed by atoms with Gasteiger partial charge in [0, 0.05) is 37.0 Å². The minimum absolute atomic E-state index is 0.215. The number of hydrogen-bond donors (Lipinski definition) is 0. The second-order valence-electron chi connectivity index (χ2n) is 5.24. The summed E-state index contributed by atoms with van der Waals surface area (Å²) >= 11 is 3.42. The fourth-order valence-electron chi connectivity index (χ4n) is 2.38. The lowest BCUT2D eigenvalue weighted by atomic mass is 10.1. The molecule has 0 spiro atoms. The molecule has 118 valence electrons. The Labute approximate surface area is 141 Å². The Bertz CT molecular complexity index is 579. The Morgan fingerprint density at radius 1 is 1.00 bits per heavy atom. The summed E-state index contributed by atoms with van der Waals surface area (Å²) < 4.78 is 0.988. The highest BCUT2D eigenvalue weighted by Crippen LogP contribution is 2.25. The van der Waals surface area contributed by atoms with Gasteiger partial charge in [-0.25, -0.2) is 9.97 Å². The van der Waals surface area contributed by atoms with Crippen molar-refractivity contribution in [3.05, 3.63) is 46.7 Å². The third-order valence-electron chi connectivity index (χ3n) is 3.99. The predicted octanol–water partition coefficient (Wildman–Crippen LogP) is 4.28. The lowest BCUT2D eigenvalue weighted by molar-refractivity contribution is 0.723. The van der Waals surface area contributed by atoms with Gasteiger partial charge in [-0.2, -0.15) is 0 Å². The third-order valence-corrected chi connectivity index (χ3v) is 4.46. The average Bonchev–Trinajstić information content (AvgIpc) is 2.56. The van der Waals surface area contributed by atoms with Crippen molar-refractivity contribution < 1.29 is 0 Å². The highest BCUT2D eigenvalue weighted by Gasteiger charge is 2.14. The number of halogens is 1. The van der Waals surface area contributed by atoms with Crippen LogP contribution >= 0.6 is 15.9 Å². The first kappa shape index (κ1) is 16.7. The van der Waals surface area contributed by atoms with Gasteiger partial charge in [-0.05, 0) is 60.5 Å². The van der Waals surface area contributed by atoms with Gasteiger partial charge in [0.2, 0.25) is 0 Å². The van der Waals surface area contributed by atoms with Crippen LogP contribution in [0.15, 0.2) is 41.1 Å². The summed E-state index contributed by atoms with van der Waals surface area (Å²) in [5, 5.41) is 0. The van der Waals surface area contributed by atoms with Crippen LogP contribution in [0.1, 0.15) is 32.4 Å². The van der Waals surface area contributed by atoms with Gasteiger partial charge in [-0.1, -0.05) is 6.07 Å². The Morgan fingerprint density at radius 3 is 2.14 bits per heavy atom. The Hall–Kier alpha value is -1.62. The van der Waals surface area contributed by atoms with Crippen molar-refractivity contribution in [1.82, 2.24) is 9.97 Å². The van der Waals surface area contributed by atoms with E-state index in [1.807, 2.05) is 24.5 Å². The van der Waals surface area contributed by atoms with Crippen molar-refractivity contribution in [2.75, 3.05) is 29.9 Å². The van der Waals surface area contributed by atoms with E-state index in [4.69, 9.17) is 0 Å². The van der Waals surface area contributed by atoms with Gasteiger partial charge in [0.1, 0.15) is 11.6 Å². The zero-order valence-electron chi connectivity index (χ0n) is 13.6. The molecule has 0 aliphatic heterocycles. The maximum atomic E-state index is 4.60. The molecule has 1 atom stereocenters. The largest absolute Gasteiger partial charge is 0.357 e. The predicted molar refractivity (Wildman–Crippen MR) is 96.6 cm³/mol. The summed E-state index contributed by atoms with van der Waals surface area (Å²) in [5.41, 5.74) is 1.18. The molecule has 2 aromatic rings. The quantitative estimate of drug-likeness (QED) is 0.767. The first-order chi connectivity index (χ1) is 10.6. The molecule has 0 radical (unpaired) electrons. The summed E-state index contributed by atoms with van der Waals surface area (Å²) in [5.74, 6) is 1.98. The minimum atomic E-state index is 0.215. The molecule has 0 saturated carbocycles. The number of nitrogens with zero attached hydrogens (tertiary/aromatic N) is 4. The highest BCUT2D eigenvalue weighted by atomic mass is 79.9. The minimum Gasteiger partial charge on any atom is -0.357 e. The number of hydrogen-bond acceptors (Lipinski definition) is 4. The summed E-state index contributed by atoms with van der Waals surface area (Å²) in [6, 6.07) is 8.49. The summed E-state index contributed by atoms with van der Waals surface area (Å²) in [6.07, 6.45) is 3.79. The zero-order valence-corrected chi connectivity index (χ0v) is 15.2. The molecule has 5 heteroatoms. The number of rotatable bonds is 6. The standard InChI is InChI=1S/C17H23BrN4/c1-5-22(6-2)17-9-7-14(11-19-17)13(3)21(4)16-10-8-15(18)12-20-16/h7-13H,5-6H2,1-4H3. The van der Waals surface area contributed by atoms with Crippen LogP contribution in [-0.2, 0) is 0 Å². The van der Waals surface area contributed by atoms with Crippen LogP contribution in [0.4, 0.5) is 11.6 Å². The van der Waals surface area contributed by atoms with E-state index < -0.39 is 0 Å². The van der Waals surface area contributed by atoms with Gasteiger partial charge in [-0.3, -0.25) is 0 Å². The van der Waals surface area contributed by atoms with Crippen molar-refractivity contribution in [2.24, 2.45) is 0 Å². The summed E-state index contributed by atoms with van der Waals surface area (Å²) in [4.78, 5) is 13.4. The van der Waals surface area contributed by atoms with Gasteiger partial charge >= 0.3 is 0 Å². The molecule has 0 saturated heterocycles. The Kier molecular flexibility index (Phi) is 5.77. The molecule has 2 aromatic heterocycles.